The number of piperidine rings is 1. The number of halogens is 1. The van der Waals surface area contributed by atoms with Gasteiger partial charge in [-0.15, -0.1) is 0 Å². The van der Waals surface area contributed by atoms with E-state index < -0.39 is 5.82 Å². The Kier molecular flexibility index (Phi) is 7.19. The van der Waals surface area contributed by atoms with Gasteiger partial charge < -0.3 is 20.3 Å². The Balaban J connectivity index is 1.54. The van der Waals surface area contributed by atoms with Crippen LogP contribution in [0.4, 0.5) is 14.9 Å². The number of rotatable bonds is 6. The normalized spacial score (nSPS) is 16.3. The minimum Gasteiger partial charge on any atom is -0.377 e. The lowest BCUT2D eigenvalue weighted by Crippen LogP contribution is -2.47. The molecule has 0 bridgehead atoms. The van der Waals surface area contributed by atoms with Gasteiger partial charge in [0.2, 0.25) is 0 Å². The third-order valence-electron chi connectivity index (χ3n) is 4.78. The van der Waals surface area contributed by atoms with E-state index in [4.69, 9.17) is 4.74 Å². The maximum atomic E-state index is 13.3. The second-order valence-corrected chi connectivity index (χ2v) is 6.99. The van der Waals surface area contributed by atoms with Crippen LogP contribution in [0.25, 0.3) is 0 Å². The molecule has 2 aromatic rings. The van der Waals surface area contributed by atoms with Crippen LogP contribution in [0.5, 0.6) is 0 Å². The smallest absolute Gasteiger partial charge is 0.317 e. The highest BCUT2D eigenvalue weighted by Gasteiger charge is 2.23. The predicted octanol–water partition coefficient (Wildman–Crippen LogP) is 3.79. The van der Waals surface area contributed by atoms with Gasteiger partial charge in [0.1, 0.15) is 5.82 Å². The molecule has 3 amide bonds. The SMILES string of the molecule is CCOC1CCCN(C(=O)NCc2cccc(NC(=O)c3cccc(F)c3)c2)C1. The summed E-state index contributed by atoms with van der Waals surface area (Å²) in [5.41, 5.74) is 1.69. The van der Waals surface area contributed by atoms with Crippen LogP contribution in [0.2, 0.25) is 0 Å². The van der Waals surface area contributed by atoms with Crippen LogP contribution in [0.1, 0.15) is 35.7 Å². The van der Waals surface area contributed by atoms with Gasteiger partial charge in [0.05, 0.1) is 6.10 Å². The van der Waals surface area contributed by atoms with Crippen molar-refractivity contribution in [2.75, 3.05) is 25.0 Å². The first kappa shape index (κ1) is 20.8. The average Bonchev–Trinajstić information content (AvgIpc) is 2.73. The van der Waals surface area contributed by atoms with E-state index in [1.54, 1.807) is 29.2 Å². The van der Waals surface area contributed by atoms with Crippen LogP contribution in [0.15, 0.2) is 48.5 Å². The molecule has 3 rings (SSSR count). The van der Waals surface area contributed by atoms with Crippen LogP contribution in [0.3, 0.4) is 0 Å². The summed E-state index contributed by atoms with van der Waals surface area (Å²) in [4.78, 5) is 26.5. The number of carbonyl (C=O) groups is 2. The molecule has 154 valence electrons. The predicted molar refractivity (Wildman–Crippen MR) is 109 cm³/mol. The molecule has 1 atom stereocenters. The van der Waals surface area contributed by atoms with Crippen molar-refractivity contribution in [3.63, 3.8) is 0 Å². The molecule has 6 nitrogen and oxygen atoms in total. The van der Waals surface area contributed by atoms with Crippen LogP contribution in [-0.4, -0.2) is 42.6 Å². The minimum absolute atomic E-state index is 0.0980. The number of ether oxygens (including phenoxy) is 1. The van der Waals surface area contributed by atoms with E-state index in [-0.39, 0.29) is 23.6 Å². The summed E-state index contributed by atoms with van der Waals surface area (Å²) in [6.07, 6.45) is 2.01. The molecule has 1 unspecified atom stereocenters. The van der Waals surface area contributed by atoms with E-state index >= 15 is 0 Å². The van der Waals surface area contributed by atoms with Crippen molar-refractivity contribution in [1.82, 2.24) is 10.2 Å². The molecule has 0 saturated carbocycles. The van der Waals surface area contributed by atoms with Gasteiger partial charge in [-0.2, -0.15) is 0 Å². The van der Waals surface area contributed by atoms with Gasteiger partial charge in [-0.25, -0.2) is 9.18 Å². The highest BCUT2D eigenvalue weighted by molar-refractivity contribution is 6.04. The lowest BCUT2D eigenvalue weighted by Gasteiger charge is -2.32. The molecule has 1 heterocycles. The van der Waals surface area contributed by atoms with Gasteiger partial charge in [-0.3, -0.25) is 4.79 Å². The topological polar surface area (TPSA) is 70.7 Å². The fourth-order valence-electron chi connectivity index (χ4n) is 3.38. The number of benzene rings is 2. The van der Waals surface area contributed by atoms with Crippen molar-refractivity contribution < 1.29 is 18.7 Å². The molecule has 1 aliphatic heterocycles. The second kappa shape index (κ2) is 10.0. The Morgan fingerprint density at radius 2 is 2.03 bits per heavy atom. The van der Waals surface area contributed by atoms with Crippen molar-refractivity contribution in [3.8, 4) is 0 Å². The van der Waals surface area contributed by atoms with Crippen LogP contribution in [-0.2, 0) is 11.3 Å². The molecule has 1 fully saturated rings. The minimum atomic E-state index is -0.460. The number of urea groups is 1. The van der Waals surface area contributed by atoms with Gasteiger partial charge in [0, 0.05) is 37.5 Å². The Morgan fingerprint density at radius 3 is 2.83 bits per heavy atom. The fraction of sp³-hybridized carbons (Fsp3) is 0.364. The molecule has 0 radical (unpaired) electrons. The maximum absolute atomic E-state index is 13.3. The summed E-state index contributed by atoms with van der Waals surface area (Å²) in [5, 5.41) is 5.67. The molecule has 7 heteroatoms. The van der Waals surface area contributed by atoms with E-state index in [2.05, 4.69) is 10.6 Å². The summed E-state index contributed by atoms with van der Waals surface area (Å²) in [5.74, 6) is -0.848. The number of hydrogen-bond acceptors (Lipinski definition) is 3. The van der Waals surface area contributed by atoms with Gasteiger partial charge >= 0.3 is 6.03 Å². The molecule has 0 spiro atoms. The highest BCUT2D eigenvalue weighted by Crippen LogP contribution is 2.15. The van der Waals surface area contributed by atoms with Crippen molar-refractivity contribution in [1.29, 1.82) is 0 Å². The van der Waals surface area contributed by atoms with Gasteiger partial charge in [0.15, 0.2) is 0 Å². The summed E-state index contributed by atoms with van der Waals surface area (Å²) in [6, 6.07) is 12.6. The molecular formula is C22H26FN3O3. The van der Waals surface area contributed by atoms with E-state index in [0.717, 1.165) is 24.9 Å². The quantitative estimate of drug-likeness (QED) is 0.776. The zero-order valence-corrected chi connectivity index (χ0v) is 16.5. The first-order valence-corrected chi connectivity index (χ1v) is 9.85. The molecule has 29 heavy (non-hydrogen) atoms. The number of likely N-dealkylation sites (tertiary alicyclic amines) is 1. The highest BCUT2D eigenvalue weighted by atomic mass is 19.1. The molecule has 0 aromatic heterocycles. The lowest BCUT2D eigenvalue weighted by atomic mass is 10.1. The first-order valence-electron chi connectivity index (χ1n) is 9.85. The lowest BCUT2D eigenvalue weighted by molar-refractivity contribution is 0.0164. The number of anilines is 1. The van der Waals surface area contributed by atoms with Gasteiger partial charge in [-0.1, -0.05) is 18.2 Å². The van der Waals surface area contributed by atoms with Gasteiger partial charge in [0.25, 0.3) is 5.91 Å². The summed E-state index contributed by atoms with van der Waals surface area (Å²) in [6.45, 7) is 4.27. The van der Waals surface area contributed by atoms with Crippen molar-refractivity contribution in [2.24, 2.45) is 0 Å². The van der Waals surface area contributed by atoms with E-state index in [1.807, 2.05) is 13.0 Å². The first-order chi connectivity index (χ1) is 14.0. The molecule has 2 aromatic carbocycles. The van der Waals surface area contributed by atoms with E-state index in [0.29, 0.717) is 25.4 Å². The Bertz CT molecular complexity index is 857. The molecule has 1 aliphatic rings. The largest absolute Gasteiger partial charge is 0.377 e. The Labute approximate surface area is 170 Å². The Hall–Kier alpha value is -2.93. The molecular weight excluding hydrogens is 373 g/mol. The number of carbonyl (C=O) groups excluding carboxylic acids is 2. The Morgan fingerprint density at radius 1 is 1.21 bits per heavy atom. The summed E-state index contributed by atoms with van der Waals surface area (Å²) >= 11 is 0. The monoisotopic (exact) mass is 399 g/mol. The zero-order chi connectivity index (χ0) is 20.6. The van der Waals surface area contributed by atoms with Crippen LogP contribution < -0.4 is 10.6 Å². The molecule has 0 aliphatic carbocycles. The molecule has 1 saturated heterocycles. The number of hydrogen-bond donors (Lipinski definition) is 2. The number of amides is 3. The van der Waals surface area contributed by atoms with Gasteiger partial charge in [-0.05, 0) is 55.7 Å². The van der Waals surface area contributed by atoms with Crippen molar-refractivity contribution in [3.05, 3.63) is 65.5 Å². The van der Waals surface area contributed by atoms with E-state index in [1.165, 1.54) is 18.2 Å². The summed E-state index contributed by atoms with van der Waals surface area (Å²) in [7, 11) is 0. The van der Waals surface area contributed by atoms with Crippen molar-refractivity contribution in [2.45, 2.75) is 32.4 Å². The molecule has 2 N–H and O–H groups in total. The maximum Gasteiger partial charge on any atom is 0.317 e. The third-order valence-corrected chi connectivity index (χ3v) is 4.78. The van der Waals surface area contributed by atoms with Crippen molar-refractivity contribution >= 4 is 17.6 Å². The second-order valence-electron chi connectivity index (χ2n) is 6.99. The van der Waals surface area contributed by atoms with Crippen LogP contribution in [0, 0.1) is 5.82 Å². The number of nitrogens with zero attached hydrogens (tertiary/aromatic N) is 1. The third kappa shape index (κ3) is 6.02. The average molecular weight is 399 g/mol. The van der Waals surface area contributed by atoms with Crippen LogP contribution >= 0.6 is 0 Å². The standard InChI is InChI=1S/C22H26FN3O3/c1-2-29-20-10-5-11-26(15-20)22(28)24-14-16-6-3-9-19(12-16)25-21(27)17-7-4-8-18(23)13-17/h3-4,6-9,12-13,20H,2,5,10-11,14-15H2,1H3,(H,24,28)(H,25,27). The summed E-state index contributed by atoms with van der Waals surface area (Å²) < 4.78 is 18.9. The fourth-order valence-corrected chi connectivity index (χ4v) is 3.38. The van der Waals surface area contributed by atoms with E-state index in [9.17, 15) is 14.0 Å². The number of nitrogens with one attached hydrogen (secondary N) is 2. The zero-order valence-electron chi connectivity index (χ0n) is 16.5.